The zero-order valence-corrected chi connectivity index (χ0v) is 20.4. The number of sulfone groups is 1. The Bertz CT molecular complexity index is 1780. The van der Waals surface area contributed by atoms with Crippen LogP contribution in [0.4, 0.5) is 4.39 Å². The summed E-state index contributed by atoms with van der Waals surface area (Å²) in [7, 11) is -4.06. The molecule has 3 N–H and O–H groups in total. The van der Waals surface area contributed by atoms with Gasteiger partial charge < -0.3 is 24.8 Å². The highest BCUT2D eigenvalue weighted by Gasteiger charge is 2.44. The van der Waals surface area contributed by atoms with Gasteiger partial charge in [0.25, 0.3) is 5.56 Å². The van der Waals surface area contributed by atoms with E-state index < -0.39 is 57.1 Å². The van der Waals surface area contributed by atoms with Crippen LogP contribution in [0.2, 0.25) is 0 Å². The molecule has 192 valence electrons. The third kappa shape index (κ3) is 3.07. The summed E-state index contributed by atoms with van der Waals surface area (Å²) in [6.45, 7) is 1.30. The molecule has 5 heterocycles. The van der Waals surface area contributed by atoms with Gasteiger partial charge in [-0.1, -0.05) is 0 Å². The van der Waals surface area contributed by atoms with Crippen LogP contribution in [0.1, 0.15) is 40.8 Å². The number of rotatable bonds is 2. The molecular formula is C24H20FN3O8S. The lowest BCUT2D eigenvalue weighted by molar-refractivity contribution is -0.169. The summed E-state index contributed by atoms with van der Waals surface area (Å²) >= 11 is 0. The van der Waals surface area contributed by atoms with Gasteiger partial charge in [0.2, 0.25) is 5.91 Å². The Morgan fingerprint density at radius 2 is 2.05 bits per heavy atom. The fraction of sp³-hybridized carbons (Fsp3) is 0.333. The topological polar surface area (TPSA) is 165 Å². The van der Waals surface area contributed by atoms with E-state index in [4.69, 9.17) is 4.74 Å². The lowest BCUT2D eigenvalue weighted by Gasteiger charge is -2.29. The first-order valence-electron chi connectivity index (χ1n) is 11.3. The summed E-state index contributed by atoms with van der Waals surface area (Å²) in [5, 5.41) is 22.7. The van der Waals surface area contributed by atoms with Gasteiger partial charge in [0.05, 0.1) is 45.7 Å². The first kappa shape index (κ1) is 23.7. The van der Waals surface area contributed by atoms with Gasteiger partial charge in [0.15, 0.2) is 15.4 Å². The van der Waals surface area contributed by atoms with Gasteiger partial charge in [-0.25, -0.2) is 22.6 Å². The number of nitrogens with zero attached hydrogens (tertiary/aromatic N) is 2. The molecular weight excluding hydrogens is 509 g/mol. The number of carbonyl (C=O) groups excluding carboxylic acids is 2. The highest BCUT2D eigenvalue weighted by molar-refractivity contribution is 7.91. The fourth-order valence-corrected chi connectivity index (χ4v) is 7.52. The van der Waals surface area contributed by atoms with Crippen LogP contribution >= 0.6 is 0 Å². The Labute approximate surface area is 208 Å². The number of cyclic esters (lactones) is 1. The highest BCUT2D eigenvalue weighted by Crippen LogP contribution is 2.46. The normalized spacial score (nSPS) is 22.7. The number of aliphatic hydroxyl groups excluding tert-OH is 1. The van der Waals surface area contributed by atoms with Gasteiger partial charge in [-0.2, -0.15) is 0 Å². The molecule has 13 heteroatoms. The predicted octanol–water partition coefficient (Wildman–Crippen LogP) is 0.0739. The van der Waals surface area contributed by atoms with Gasteiger partial charge >= 0.3 is 5.97 Å². The lowest BCUT2D eigenvalue weighted by atomic mass is 9.89. The van der Waals surface area contributed by atoms with E-state index in [0.29, 0.717) is 11.1 Å². The Morgan fingerprint density at radius 1 is 1.32 bits per heavy atom. The molecule has 2 aromatic heterocycles. The molecule has 3 aliphatic heterocycles. The summed E-state index contributed by atoms with van der Waals surface area (Å²) < 4.78 is 47.7. The highest BCUT2D eigenvalue weighted by atomic mass is 32.2. The van der Waals surface area contributed by atoms with Crippen LogP contribution in [0.5, 0.6) is 0 Å². The van der Waals surface area contributed by atoms with Crippen molar-refractivity contribution in [3.8, 4) is 11.4 Å². The summed E-state index contributed by atoms with van der Waals surface area (Å²) in [6, 6.07) is 1.45. The molecule has 3 aromatic rings. The molecule has 1 amide bonds. The van der Waals surface area contributed by atoms with Crippen LogP contribution in [-0.2, 0) is 42.9 Å². The molecule has 0 saturated carbocycles. The van der Waals surface area contributed by atoms with Crippen molar-refractivity contribution in [3.63, 3.8) is 0 Å². The number of amides is 1. The Kier molecular flexibility index (Phi) is 4.76. The van der Waals surface area contributed by atoms with Crippen LogP contribution in [0.3, 0.4) is 0 Å². The number of nitrogens with one attached hydrogen (secondary N) is 1. The van der Waals surface area contributed by atoms with Gasteiger partial charge in [-0.05, 0) is 25.5 Å². The number of carbonyl (C=O) groups is 2. The largest absolute Gasteiger partial charge is 0.458 e. The van der Waals surface area contributed by atoms with Crippen molar-refractivity contribution >= 4 is 32.6 Å². The van der Waals surface area contributed by atoms with E-state index in [1.54, 1.807) is 0 Å². The number of fused-ring (bicyclic) bond motifs is 5. The second kappa shape index (κ2) is 7.43. The average Bonchev–Trinajstić information content (AvgIpc) is 3.19. The number of benzene rings is 1. The second-order valence-corrected chi connectivity index (χ2v) is 11.6. The number of pyridine rings is 2. The number of hydrogen-bond donors (Lipinski definition) is 3. The number of esters is 1. The monoisotopic (exact) mass is 529 g/mol. The maximum atomic E-state index is 14.9. The number of aromatic nitrogens is 2. The van der Waals surface area contributed by atoms with Gasteiger partial charge in [0, 0.05) is 28.1 Å². The first-order chi connectivity index (χ1) is 17.4. The van der Waals surface area contributed by atoms with E-state index in [9.17, 15) is 37.4 Å². The molecule has 1 aromatic carbocycles. The van der Waals surface area contributed by atoms with Crippen molar-refractivity contribution in [2.45, 2.75) is 43.5 Å². The van der Waals surface area contributed by atoms with Crippen LogP contribution in [0.25, 0.3) is 22.3 Å². The molecule has 0 spiro atoms. The Morgan fingerprint density at radius 3 is 2.76 bits per heavy atom. The molecule has 11 nitrogen and oxygen atoms in total. The zero-order valence-electron chi connectivity index (χ0n) is 19.6. The third-order valence-electron chi connectivity index (χ3n) is 7.31. The summed E-state index contributed by atoms with van der Waals surface area (Å²) in [5.74, 6) is -3.09. The number of aliphatic hydroxyl groups is 2. The smallest absolute Gasteiger partial charge is 0.342 e. The van der Waals surface area contributed by atoms with Crippen molar-refractivity contribution < 1.29 is 37.3 Å². The average molecular weight is 530 g/mol. The minimum Gasteiger partial charge on any atom is -0.458 e. The minimum atomic E-state index is -4.06. The van der Waals surface area contributed by atoms with Crippen LogP contribution in [0, 0.1) is 12.7 Å². The SMILES string of the molecule is Cc1c(F)cc2nc3c(c4c2c1S(=O)(=O)C[C@H]4NC(=O)CO)Cn1c-3cc2c(c1=O)COC(=O)[C@@]2(C)O. The summed E-state index contributed by atoms with van der Waals surface area (Å²) in [4.78, 5) is 42.1. The number of halogens is 1. The standard InChI is InChI=1S/C24H20FN3O8S/c1-9-13(25)4-14-19-18(15(26-17(30)6-29)8-37(34,35)21(9)19)10-5-28-16(20(10)27-14)3-12-11(22(28)31)7-36-23(32)24(12,2)33/h3-4,15,29,33H,5-8H2,1-2H3,(H,26,30)/t15-,24+/m1/s1. The van der Waals surface area contributed by atoms with Crippen LogP contribution in [0.15, 0.2) is 21.8 Å². The molecule has 37 heavy (non-hydrogen) atoms. The second-order valence-electron chi connectivity index (χ2n) is 9.58. The van der Waals surface area contributed by atoms with Crippen molar-refractivity contribution in [1.82, 2.24) is 14.9 Å². The maximum absolute atomic E-state index is 14.9. The van der Waals surface area contributed by atoms with Gasteiger partial charge in [0.1, 0.15) is 19.0 Å². The molecule has 0 unspecified atom stereocenters. The molecule has 0 radical (unpaired) electrons. The van der Waals surface area contributed by atoms with E-state index in [1.165, 1.54) is 24.5 Å². The summed E-state index contributed by atoms with van der Waals surface area (Å²) in [5.41, 5.74) is -1.28. The molecule has 6 rings (SSSR count). The molecule has 2 atom stereocenters. The lowest BCUT2D eigenvalue weighted by Crippen LogP contribution is -2.42. The Balaban J connectivity index is 1.72. The number of ether oxygens (including phenoxy) is 1. The van der Waals surface area contributed by atoms with Gasteiger partial charge in [-0.3, -0.25) is 9.59 Å². The van der Waals surface area contributed by atoms with Crippen molar-refractivity contribution in [2.24, 2.45) is 0 Å². The number of hydrogen-bond acceptors (Lipinski definition) is 9. The van der Waals surface area contributed by atoms with Crippen molar-refractivity contribution in [1.29, 1.82) is 0 Å². The van der Waals surface area contributed by atoms with Crippen molar-refractivity contribution in [3.05, 3.63) is 56.1 Å². The van der Waals surface area contributed by atoms with E-state index >= 15 is 0 Å². The van der Waals surface area contributed by atoms with Crippen LogP contribution < -0.4 is 10.9 Å². The van der Waals surface area contributed by atoms with E-state index in [-0.39, 0.29) is 57.0 Å². The molecule has 3 aliphatic rings. The molecule has 0 aliphatic carbocycles. The summed E-state index contributed by atoms with van der Waals surface area (Å²) in [6.07, 6.45) is 0. The van der Waals surface area contributed by atoms with Gasteiger partial charge in [-0.15, -0.1) is 0 Å². The molecule has 0 bridgehead atoms. The first-order valence-corrected chi connectivity index (χ1v) is 13.0. The van der Waals surface area contributed by atoms with Crippen molar-refractivity contribution in [2.75, 3.05) is 12.4 Å². The Hall–Kier alpha value is -3.68. The van der Waals surface area contributed by atoms with Crippen LogP contribution in [-0.4, -0.2) is 52.4 Å². The van der Waals surface area contributed by atoms with E-state index in [0.717, 1.165) is 6.07 Å². The predicted molar refractivity (Wildman–Crippen MR) is 125 cm³/mol. The molecule has 0 fully saturated rings. The third-order valence-corrected chi connectivity index (χ3v) is 9.22. The quantitative estimate of drug-likeness (QED) is 0.305. The fourth-order valence-electron chi connectivity index (χ4n) is 5.58. The van der Waals surface area contributed by atoms with E-state index in [1.807, 2.05) is 0 Å². The molecule has 0 saturated heterocycles. The van der Waals surface area contributed by atoms with E-state index in [2.05, 4.69) is 10.3 Å². The minimum absolute atomic E-state index is 0.00293. The zero-order chi connectivity index (χ0) is 26.6. The maximum Gasteiger partial charge on any atom is 0.342 e.